The van der Waals surface area contributed by atoms with E-state index in [1.807, 2.05) is 6.92 Å². The van der Waals surface area contributed by atoms with Gasteiger partial charge in [0.25, 0.3) is 0 Å². The van der Waals surface area contributed by atoms with Gasteiger partial charge in [-0.2, -0.15) is 0 Å². The average Bonchev–Trinajstić information content (AvgIpc) is 3.16. The number of fused-ring (bicyclic) bond motifs is 1. The first-order valence-electron chi connectivity index (χ1n) is 7.72. The summed E-state index contributed by atoms with van der Waals surface area (Å²) in [5.41, 5.74) is 1.22. The Morgan fingerprint density at radius 3 is 2.92 bits per heavy atom. The molecule has 0 spiro atoms. The molecule has 2 aromatic rings. The van der Waals surface area contributed by atoms with Crippen molar-refractivity contribution in [3.05, 3.63) is 12.7 Å². The van der Waals surface area contributed by atoms with Crippen LogP contribution in [0.15, 0.2) is 12.7 Å². The molecular weight excluding hydrogens is 353 g/mol. The predicted molar refractivity (Wildman–Crippen MR) is 86.8 cm³/mol. The van der Waals surface area contributed by atoms with Crippen molar-refractivity contribution in [1.29, 1.82) is 0 Å². The third-order valence-electron chi connectivity index (χ3n) is 3.90. The van der Waals surface area contributed by atoms with Crippen LogP contribution < -0.4 is 5.32 Å². The van der Waals surface area contributed by atoms with Gasteiger partial charge in [0.05, 0.1) is 19.0 Å². The lowest BCUT2D eigenvalue weighted by molar-refractivity contribution is -0.0503. The average molecular weight is 373 g/mol. The number of imidazole rings is 1. The van der Waals surface area contributed by atoms with Gasteiger partial charge in [-0.05, 0) is 6.92 Å². The topological polar surface area (TPSA) is 141 Å². The molecule has 3 rings (SSSR count). The summed E-state index contributed by atoms with van der Waals surface area (Å²) < 4.78 is 28.4. The Labute approximate surface area is 143 Å². The van der Waals surface area contributed by atoms with Gasteiger partial charge in [0, 0.05) is 20.1 Å². The van der Waals surface area contributed by atoms with Gasteiger partial charge in [0.15, 0.2) is 17.0 Å². The Morgan fingerprint density at radius 1 is 1.44 bits per heavy atom. The van der Waals surface area contributed by atoms with E-state index in [1.54, 1.807) is 10.9 Å². The maximum Gasteiger partial charge on any atom is 0.469 e. The SMILES string of the molecule is CCNc1ncnc2c1ncn2C1CC(OC)C(COP(=O)(O)O)O1. The number of ether oxygens (including phenoxy) is 2. The first kappa shape index (κ1) is 18.2. The number of phosphoric acid groups is 1. The Kier molecular flexibility index (Phi) is 5.32. The smallest absolute Gasteiger partial charge is 0.378 e. The Bertz CT molecular complexity index is 779. The van der Waals surface area contributed by atoms with Gasteiger partial charge in [-0.15, -0.1) is 0 Å². The highest BCUT2D eigenvalue weighted by atomic mass is 31.2. The molecule has 1 aliphatic heterocycles. The predicted octanol–water partition coefficient (Wildman–Crippen LogP) is 0.670. The molecule has 0 saturated carbocycles. The van der Waals surface area contributed by atoms with E-state index >= 15 is 0 Å². The van der Waals surface area contributed by atoms with Gasteiger partial charge < -0.3 is 24.6 Å². The van der Waals surface area contributed by atoms with E-state index in [0.717, 1.165) is 0 Å². The van der Waals surface area contributed by atoms with Gasteiger partial charge in [-0.1, -0.05) is 0 Å². The molecule has 1 aliphatic rings. The van der Waals surface area contributed by atoms with Crippen LogP contribution in [-0.2, 0) is 18.6 Å². The van der Waals surface area contributed by atoms with Crippen LogP contribution in [-0.4, -0.2) is 61.8 Å². The summed E-state index contributed by atoms with van der Waals surface area (Å²) in [4.78, 5) is 30.5. The number of anilines is 1. The van der Waals surface area contributed by atoms with E-state index in [-0.39, 0.29) is 12.7 Å². The summed E-state index contributed by atoms with van der Waals surface area (Å²) in [6.07, 6.45) is 2.08. The van der Waals surface area contributed by atoms with E-state index in [0.29, 0.717) is 29.9 Å². The first-order chi connectivity index (χ1) is 11.9. The van der Waals surface area contributed by atoms with Gasteiger partial charge in [0.1, 0.15) is 18.7 Å². The molecule has 0 bridgehead atoms. The van der Waals surface area contributed by atoms with Crippen molar-refractivity contribution < 1.29 is 28.3 Å². The molecule has 12 heteroatoms. The summed E-state index contributed by atoms with van der Waals surface area (Å²) in [6, 6.07) is 0. The number of methoxy groups -OCH3 is 1. The fourth-order valence-electron chi connectivity index (χ4n) is 2.80. The summed E-state index contributed by atoms with van der Waals surface area (Å²) in [6.45, 7) is 2.38. The van der Waals surface area contributed by atoms with Crippen molar-refractivity contribution >= 4 is 24.8 Å². The zero-order valence-electron chi connectivity index (χ0n) is 13.8. The lowest BCUT2D eigenvalue weighted by atomic mass is 10.2. The third kappa shape index (κ3) is 3.97. The van der Waals surface area contributed by atoms with Crippen LogP contribution in [0.5, 0.6) is 0 Å². The molecule has 0 amide bonds. The highest BCUT2D eigenvalue weighted by Gasteiger charge is 2.38. The van der Waals surface area contributed by atoms with E-state index in [1.165, 1.54) is 13.4 Å². The van der Waals surface area contributed by atoms with Crippen molar-refractivity contribution in [1.82, 2.24) is 19.5 Å². The van der Waals surface area contributed by atoms with Gasteiger partial charge in [0.2, 0.25) is 0 Å². The van der Waals surface area contributed by atoms with E-state index in [4.69, 9.17) is 19.3 Å². The number of hydrogen-bond acceptors (Lipinski definition) is 8. The number of nitrogens with one attached hydrogen (secondary N) is 1. The van der Waals surface area contributed by atoms with Crippen molar-refractivity contribution in [2.75, 3.05) is 25.6 Å². The van der Waals surface area contributed by atoms with E-state index in [9.17, 15) is 4.57 Å². The molecule has 3 heterocycles. The summed E-state index contributed by atoms with van der Waals surface area (Å²) in [7, 11) is -3.06. The highest BCUT2D eigenvalue weighted by Crippen LogP contribution is 2.39. The zero-order valence-corrected chi connectivity index (χ0v) is 14.7. The second kappa shape index (κ2) is 7.32. The molecule has 0 radical (unpaired) electrons. The maximum atomic E-state index is 10.9. The van der Waals surface area contributed by atoms with Gasteiger partial charge in [-0.3, -0.25) is 9.09 Å². The molecule has 3 unspecified atom stereocenters. The number of hydrogen-bond donors (Lipinski definition) is 3. The first-order valence-corrected chi connectivity index (χ1v) is 9.25. The Hall–Kier alpha value is -1.62. The molecule has 25 heavy (non-hydrogen) atoms. The van der Waals surface area contributed by atoms with Gasteiger partial charge >= 0.3 is 7.82 Å². The molecule has 1 saturated heterocycles. The largest absolute Gasteiger partial charge is 0.469 e. The van der Waals surface area contributed by atoms with Crippen LogP contribution in [0.4, 0.5) is 5.82 Å². The Morgan fingerprint density at radius 2 is 2.24 bits per heavy atom. The van der Waals surface area contributed by atoms with Crippen LogP contribution in [0, 0.1) is 0 Å². The minimum atomic E-state index is -4.57. The van der Waals surface area contributed by atoms with Crippen LogP contribution in [0.1, 0.15) is 19.6 Å². The maximum absolute atomic E-state index is 10.9. The molecule has 1 fully saturated rings. The minimum Gasteiger partial charge on any atom is -0.378 e. The fourth-order valence-corrected chi connectivity index (χ4v) is 3.14. The van der Waals surface area contributed by atoms with Crippen LogP contribution in [0.25, 0.3) is 11.2 Å². The number of nitrogens with zero attached hydrogens (tertiary/aromatic N) is 4. The normalized spacial score (nSPS) is 24.1. The molecule has 138 valence electrons. The Balaban J connectivity index is 1.81. The van der Waals surface area contributed by atoms with Crippen molar-refractivity contribution in [3.63, 3.8) is 0 Å². The number of phosphoric ester groups is 1. The van der Waals surface area contributed by atoms with E-state index in [2.05, 4.69) is 24.8 Å². The molecule has 0 aromatic carbocycles. The lowest BCUT2D eigenvalue weighted by Gasteiger charge is -2.17. The zero-order chi connectivity index (χ0) is 18.0. The molecular formula is C13H20N5O6P. The van der Waals surface area contributed by atoms with Crippen molar-refractivity contribution in [3.8, 4) is 0 Å². The van der Waals surface area contributed by atoms with Gasteiger partial charge in [-0.25, -0.2) is 19.5 Å². The number of aromatic nitrogens is 4. The minimum absolute atomic E-state index is 0.274. The molecule has 11 nitrogen and oxygen atoms in total. The standard InChI is InChI=1S/C13H20N5O6P/c1-3-14-12-11-13(16-6-15-12)18(7-17-11)10-4-8(22-2)9(24-10)5-23-25(19,20)21/h6-10H,3-5H2,1-2H3,(H,14,15,16)(H2,19,20,21). The lowest BCUT2D eigenvalue weighted by Crippen LogP contribution is -2.27. The monoisotopic (exact) mass is 373 g/mol. The van der Waals surface area contributed by atoms with Crippen LogP contribution >= 0.6 is 7.82 Å². The third-order valence-corrected chi connectivity index (χ3v) is 4.39. The molecule has 3 atom stereocenters. The fraction of sp³-hybridized carbons (Fsp3) is 0.615. The highest BCUT2D eigenvalue weighted by molar-refractivity contribution is 7.46. The molecule has 0 aliphatic carbocycles. The summed E-state index contributed by atoms with van der Waals surface area (Å²) in [5.74, 6) is 0.633. The molecule has 3 N–H and O–H groups in total. The summed E-state index contributed by atoms with van der Waals surface area (Å²) >= 11 is 0. The quantitative estimate of drug-likeness (QED) is 0.593. The number of rotatable bonds is 7. The summed E-state index contributed by atoms with van der Waals surface area (Å²) in [5, 5.41) is 3.12. The van der Waals surface area contributed by atoms with Crippen LogP contribution in [0.3, 0.4) is 0 Å². The van der Waals surface area contributed by atoms with Crippen molar-refractivity contribution in [2.24, 2.45) is 0 Å². The van der Waals surface area contributed by atoms with E-state index < -0.39 is 20.2 Å². The molecule has 2 aromatic heterocycles. The second-order valence-electron chi connectivity index (χ2n) is 5.50. The van der Waals surface area contributed by atoms with Crippen LogP contribution in [0.2, 0.25) is 0 Å². The van der Waals surface area contributed by atoms with Crippen molar-refractivity contribution in [2.45, 2.75) is 31.8 Å². The second-order valence-corrected chi connectivity index (χ2v) is 6.74.